The zero-order valence-electron chi connectivity index (χ0n) is 21.0. The van der Waals surface area contributed by atoms with Crippen LogP contribution in [0.3, 0.4) is 0 Å². The molecule has 1 unspecified atom stereocenters. The minimum atomic E-state index is -0.960. The average molecular weight is 529 g/mol. The molecule has 2 aromatic carbocycles. The number of ether oxygens (including phenoxy) is 2. The molecule has 0 spiro atoms. The minimum absolute atomic E-state index is 0.148. The van der Waals surface area contributed by atoms with Gasteiger partial charge < -0.3 is 25.0 Å². The summed E-state index contributed by atoms with van der Waals surface area (Å²) in [6.45, 7) is -0.0336. The molecule has 9 heteroatoms. The summed E-state index contributed by atoms with van der Waals surface area (Å²) in [6.07, 6.45) is 7.63. The Morgan fingerprint density at radius 2 is 1.97 bits per heavy atom. The zero-order chi connectivity index (χ0) is 27.1. The Hall–Kier alpha value is -3.24. The average Bonchev–Trinajstić information content (AvgIpc) is 2.92. The molecular weight excluding hydrogens is 497 g/mol. The van der Waals surface area contributed by atoms with E-state index in [0.29, 0.717) is 41.6 Å². The molecule has 1 fully saturated rings. The van der Waals surface area contributed by atoms with Crippen molar-refractivity contribution in [1.82, 2.24) is 10.3 Å². The number of aliphatic hydroxyl groups is 2. The molecule has 0 saturated carbocycles. The van der Waals surface area contributed by atoms with Crippen molar-refractivity contribution in [3.8, 4) is 5.75 Å². The largest absolute Gasteiger partial charge is 0.497 e. The van der Waals surface area contributed by atoms with Crippen molar-refractivity contribution in [2.24, 2.45) is 0 Å². The summed E-state index contributed by atoms with van der Waals surface area (Å²) in [6, 6.07) is 8.38. The highest BCUT2D eigenvalue weighted by Gasteiger charge is 2.31. The van der Waals surface area contributed by atoms with Crippen LogP contribution >= 0.6 is 0 Å². The summed E-state index contributed by atoms with van der Waals surface area (Å²) in [5.41, 5.74) is 1.16. The van der Waals surface area contributed by atoms with E-state index in [1.165, 1.54) is 12.3 Å². The fourth-order valence-corrected chi connectivity index (χ4v) is 4.57. The normalized spacial score (nSPS) is 20.9. The van der Waals surface area contributed by atoms with Gasteiger partial charge in [-0.05, 0) is 49.2 Å². The Balaban J connectivity index is 1.44. The van der Waals surface area contributed by atoms with Gasteiger partial charge in [-0.2, -0.15) is 0 Å². The van der Waals surface area contributed by atoms with Crippen molar-refractivity contribution in [2.45, 2.75) is 43.6 Å². The van der Waals surface area contributed by atoms with Gasteiger partial charge in [-0.15, -0.1) is 0 Å². The van der Waals surface area contributed by atoms with E-state index in [-0.39, 0.29) is 24.1 Å². The first-order chi connectivity index (χ1) is 18.4. The molecule has 6 nitrogen and oxygen atoms in total. The van der Waals surface area contributed by atoms with E-state index in [2.05, 4.69) is 10.3 Å². The molecule has 38 heavy (non-hydrogen) atoms. The van der Waals surface area contributed by atoms with E-state index in [1.54, 1.807) is 43.5 Å². The van der Waals surface area contributed by atoms with Crippen LogP contribution in [-0.2, 0) is 4.74 Å². The quantitative estimate of drug-likeness (QED) is 0.356. The van der Waals surface area contributed by atoms with Crippen LogP contribution in [0, 0.1) is 17.5 Å². The predicted octanol–water partition coefficient (Wildman–Crippen LogP) is 4.64. The lowest BCUT2D eigenvalue weighted by atomic mass is 9.94. The van der Waals surface area contributed by atoms with Crippen molar-refractivity contribution >= 4 is 23.1 Å². The number of aromatic nitrogens is 1. The fraction of sp³-hybridized carbons (Fsp3) is 0.345. The summed E-state index contributed by atoms with van der Waals surface area (Å²) < 4.78 is 53.4. The van der Waals surface area contributed by atoms with E-state index >= 15 is 0 Å². The summed E-state index contributed by atoms with van der Waals surface area (Å²) >= 11 is 0. The van der Waals surface area contributed by atoms with Crippen LogP contribution in [0.15, 0.2) is 54.7 Å². The van der Waals surface area contributed by atoms with Gasteiger partial charge in [0.2, 0.25) is 0 Å². The van der Waals surface area contributed by atoms with E-state index in [9.17, 15) is 23.4 Å². The van der Waals surface area contributed by atoms with Crippen molar-refractivity contribution in [1.29, 1.82) is 0 Å². The fourth-order valence-electron chi connectivity index (χ4n) is 4.57. The first kappa shape index (κ1) is 27.8. The topological polar surface area (TPSA) is 83.8 Å². The van der Waals surface area contributed by atoms with Crippen LogP contribution in [0.5, 0.6) is 5.75 Å². The van der Waals surface area contributed by atoms with Crippen molar-refractivity contribution < 1.29 is 32.9 Å². The lowest BCUT2D eigenvalue weighted by Crippen LogP contribution is -2.48. The predicted molar refractivity (Wildman–Crippen MR) is 140 cm³/mol. The summed E-state index contributed by atoms with van der Waals surface area (Å²) in [4.78, 5) is 4.14. The van der Waals surface area contributed by atoms with Crippen molar-refractivity contribution in [3.63, 3.8) is 0 Å². The SMILES string of the molecule is COc1ccc2ncc(F)c(/C=C/[C@@H]3CC[C@@H](NC/C=C/c4cc(F)ccc4F)[C@@H](CC(O)CO)O3)c2c1. The number of aliphatic hydroxyl groups excluding tert-OH is 2. The van der Waals surface area contributed by atoms with Gasteiger partial charge in [-0.1, -0.05) is 24.3 Å². The Morgan fingerprint density at radius 1 is 1.13 bits per heavy atom. The van der Waals surface area contributed by atoms with Gasteiger partial charge in [0.1, 0.15) is 23.2 Å². The van der Waals surface area contributed by atoms with Crippen LogP contribution in [0.1, 0.15) is 30.4 Å². The van der Waals surface area contributed by atoms with Gasteiger partial charge >= 0.3 is 0 Å². The molecule has 0 aliphatic carbocycles. The lowest BCUT2D eigenvalue weighted by Gasteiger charge is -2.37. The molecule has 1 saturated heterocycles. The summed E-state index contributed by atoms with van der Waals surface area (Å²) in [5.74, 6) is -0.907. The van der Waals surface area contributed by atoms with Gasteiger partial charge in [-0.3, -0.25) is 4.98 Å². The Morgan fingerprint density at radius 3 is 2.76 bits per heavy atom. The van der Waals surface area contributed by atoms with Crippen LogP contribution in [0.25, 0.3) is 23.1 Å². The van der Waals surface area contributed by atoms with Gasteiger partial charge in [-0.25, -0.2) is 13.2 Å². The first-order valence-corrected chi connectivity index (χ1v) is 12.5. The van der Waals surface area contributed by atoms with E-state index in [0.717, 1.165) is 18.2 Å². The number of benzene rings is 2. The minimum Gasteiger partial charge on any atom is -0.497 e. The molecule has 0 bridgehead atoms. The molecule has 0 amide bonds. The van der Waals surface area contributed by atoms with Crippen LogP contribution in [0.4, 0.5) is 13.2 Å². The number of nitrogens with zero attached hydrogens (tertiary/aromatic N) is 1. The first-order valence-electron chi connectivity index (χ1n) is 12.5. The number of hydrogen-bond acceptors (Lipinski definition) is 6. The number of fused-ring (bicyclic) bond motifs is 1. The third-order valence-electron chi connectivity index (χ3n) is 6.57. The van der Waals surface area contributed by atoms with Crippen molar-refractivity contribution in [2.75, 3.05) is 20.3 Å². The van der Waals surface area contributed by atoms with E-state index in [4.69, 9.17) is 9.47 Å². The van der Waals surface area contributed by atoms with Crippen LogP contribution < -0.4 is 10.1 Å². The van der Waals surface area contributed by atoms with Crippen LogP contribution in [-0.4, -0.2) is 59.8 Å². The van der Waals surface area contributed by atoms with E-state index < -0.39 is 36.3 Å². The molecule has 0 radical (unpaired) electrons. The zero-order valence-corrected chi connectivity index (χ0v) is 21.0. The highest BCUT2D eigenvalue weighted by atomic mass is 19.1. The highest BCUT2D eigenvalue weighted by molar-refractivity contribution is 5.89. The number of methoxy groups -OCH3 is 1. The second-order valence-corrected chi connectivity index (χ2v) is 9.21. The van der Waals surface area contributed by atoms with Crippen LogP contribution in [0.2, 0.25) is 0 Å². The Kier molecular flexibility index (Phi) is 9.52. The molecule has 1 aromatic heterocycles. The monoisotopic (exact) mass is 528 g/mol. The molecule has 1 aliphatic heterocycles. The second kappa shape index (κ2) is 13.0. The highest BCUT2D eigenvalue weighted by Crippen LogP contribution is 2.28. The number of rotatable bonds is 10. The number of pyridine rings is 1. The summed E-state index contributed by atoms with van der Waals surface area (Å²) in [7, 11) is 1.54. The van der Waals surface area contributed by atoms with Gasteiger partial charge in [0.05, 0.1) is 43.7 Å². The second-order valence-electron chi connectivity index (χ2n) is 9.21. The van der Waals surface area contributed by atoms with Gasteiger partial charge in [0, 0.05) is 35.5 Å². The molecule has 3 aromatic rings. The van der Waals surface area contributed by atoms with Crippen molar-refractivity contribution in [3.05, 3.63) is 83.3 Å². The third kappa shape index (κ3) is 6.99. The maximum absolute atomic E-state index is 14.7. The lowest BCUT2D eigenvalue weighted by molar-refractivity contribution is -0.0714. The molecule has 2 heterocycles. The summed E-state index contributed by atoms with van der Waals surface area (Å²) in [5, 5.41) is 23.4. The number of nitrogens with one attached hydrogen (secondary N) is 1. The van der Waals surface area contributed by atoms with E-state index in [1.807, 2.05) is 0 Å². The third-order valence-corrected chi connectivity index (χ3v) is 6.57. The van der Waals surface area contributed by atoms with Gasteiger partial charge in [0.25, 0.3) is 0 Å². The Labute approximate surface area is 219 Å². The smallest absolute Gasteiger partial charge is 0.149 e. The Bertz CT molecular complexity index is 1300. The van der Waals surface area contributed by atoms with Gasteiger partial charge in [0.15, 0.2) is 0 Å². The molecule has 4 atom stereocenters. The number of halogens is 3. The maximum Gasteiger partial charge on any atom is 0.149 e. The molecule has 1 aliphatic rings. The maximum atomic E-state index is 14.7. The molecule has 3 N–H and O–H groups in total. The molecule has 4 rings (SSSR count). The number of hydrogen-bond donors (Lipinski definition) is 3. The standard InChI is InChI=1S/C29H31F3N2O4/c1-37-22-7-10-27-24(15-22)23(26(32)16-34-27)8-5-21-6-11-28(29(38-21)14-20(36)17-35)33-12-2-3-18-13-19(30)4-9-25(18)31/h2-5,7-10,13,15-16,20-21,28-29,33,35-36H,6,11-12,14,17H2,1H3/b3-2+,8-5+/t20?,21-,28-,29-/m1/s1. The molecule has 202 valence electrons. The molecular formula is C29H31F3N2O4.